The van der Waals surface area contributed by atoms with E-state index >= 15 is 0 Å². The quantitative estimate of drug-likeness (QED) is 0.489. The van der Waals surface area contributed by atoms with Crippen LogP contribution in [-0.2, 0) is 6.54 Å². The van der Waals surface area contributed by atoms with E-state index in [0.717, 1.165) is 17.7 Å². The molecule has 0 atom stereocenters. The molecule has 1 fully saturated rings. The second kappa shape index (κ2) is 10.5. The Morgan fingerprint density at radius 3 is 2.21 bits per heavy atom. The zero-order chi connectivity index (χ0) is 24.1. The number of halogens is 1. The highest BCUT2D eigenvalue weighted by Gasteiger charge is 2.26. The van der Waals surface area contributed by atoms with Gasteiger partial charge in [0, 0.05) is 47.7 Å². The van der Waals surface area contributed by atoms with E-state index in [4.69, 9.17) is 21.1 Å². The van der Waals surface area contributed by atoms with Crippen molar-refractivity contribution in [3.05, 3.63) is 82.9 Å². The maximum atomic E-state index is 13.1. The fourth-order valence-corrected chi connectivity index (χ4v) is 3.97. The van der Waals surface area contributed by atoms with Gasteiger partial charge in [-0.25, -0.2) is 4.79 Å². The smallest absolute Gasteiger partial charge is 0.324 e. The highest BCUT2D eigenvalue weighted by molar-refractivity contribution is 6.30. The summed E-state index contributed by atoms with van der Waals surface area (Å²) in [5.74, 6) is 0.784. The van der Waals surface area contributed by atoms with Crippen molar-refractivity contribution in [1.82, 2.24) is 4.90 Å². The third kappa shape index (κ3) is 5.43. The first-order chi connectivity index (χ1) is 16.5. The number of ether oxygens (including phenoxy) is 2. The third-order valence-corrected chi connectivity index (χ3v) is 5.90. The molecule has 8 heteroatoms. The van der Waals surface area contributed by atoms with Crippen molar-refractivity contribution < 1.29 is 19.1 Å². The molecule has 3 aromatic rings. The maximum absolute atomic E-state index is 13.1. The molecule has 1 N–H and O–H groups in total. The Morgan fingerprint density at radius 2 is 1.59 bits per heavy atom. The number of anilines is 2. The minimum absolute atomic E-state index is 0.0403. The molecule has 1 aliphatic heterocycles. The van der Waals surface area contributed by atoms with E-state index in [9.17, 15) is 9.59 Å². The molecule has 1 aliphatic rings. The SMILES string of the molecule is COc1cc(OC)cc(C(=O)Nc2ccc(N3CCCN(Cc4ccc(Cl)cc4)C3=O)cc2)c1. The highest BCUT2D eigenvalue weighted by atomic mass is 35.5. The number of amides is 3. The number of carbonyl (C=O) groups is 2. The van der Waals surface area contributed by atoms with Crippen LogP contribution in [0.5, 0.6) is 11.5 Å². The summed E-state index contributed by atoms with van der Waals surface area (Å²) in [4.78, 5) is 29.4. The van der Waals surface area contributed by atoms with E-state index in [-0.39, 0.29) is 11.9 Å². The summed E-state index contributed by atoms with van der Waals surface area (Å²) in [7, 11) is 3.07. The van der Waals surface area contributed by atoms with Crippen LogP contribution in [0, 0.1) is 0 Å². The molecule has 176 valence electrons. The molecule has 4 rings (SSSR count). The minimum Gasteiger partial charge on any atom is -0.497 e. The lowest BCUT2D eigenvalue weighted by Crippen LogP contribution is -2.49. The maximum Gasteiger partial charge on any atom is 0.324 e. The van der Waals surface area contributed by atoms with Gasteiger partial charge in [0.05, 0.1) is 14.2 Å². The molecule has 1 heterocycles. The van der Waals surface area contributed by atoms with Crippen LogP contribution in [0.2, 0.25) is 5.02 Å². The van der Waals surface area contributed by atoms with Crippen molar-refractivity contribution in [2.45, 2.75) is 13.0 Å². The highest BCUT2D eigenvalue weighted by Crippen LogP contribution is 2.26. The molecule has 3 aromatic carbocycles. The Kier molecular flexibility index (Phi) is 7.23. The van der Waals surface area contributed by atoms with Crippen LogP contribution in [0.15, 0.2) is 66.7 Å². The van der Waals surface area contributed by atoms with Gasteiger partial charge in [-0.2, -0.15) is 0 Å². The van der Waals surface area contributed by atoms with Gasteiger partial charge in [0.2, 0.25) is 0 Å². The zero-order valence-electron chi connectivity index (χ0n) is 19.1. The van der Waals surface area contributed by atoms with E-state index in [0.29, 0.717) is 47.4 Å². The second-order valence-electron chi connectivity index (χ2n) is 7.94. The van der Waals surface area contributed by atoms with Gasteiger partial charge in [-0.15, -0.1) is 0 Å². The molecule has 0 radical (unpaired) electrons. The largest absolute Gasteiger partial charge is 0.497 e. The number of hydrogen-bond donors (Lipinski definition) is 1. The van der Waals surface area contributed by atoms with Crippen LogP contribution in [0.3, 0.4) is 0 Å². The zero-order valence-corrected chi connectivity index (χ0v) is 19.8. The van der Waals surface area contributed by atoms with E-state index in [1.807, 2.05) is 41.3 Å². The number of rotatable bonds is 7. The number of methoxy groups -OCH3 is 2. The summed E-state index contributed by atoms with van der Waals surface area (Å²) >= 11 is 5.97. The van der Waals surface area contributed by atoms with Gasteiger partial charge in [0.25, 0.3) is 5.91 Å². The first-order valence-corrected chi connectivity index (χ1v) is 11.3. The Morgan fingerprint density at radius 1 is 0.941 bits per heavy atom. The number of urea groups is 1. The molecule has 0 aliphatic carbocycles. The summed E-state index contributed by atoms with van der Waals surface area (Å²) in [6, 6.07) is 19.7. The molecule has 34 heavy (non-hydrogen) atoms. The summed E-state index contributed by atoms with van der Waals surface area (Å²) in [5, 5.41) is 3.55. The standard InChI is InChI=1S/C26H26ClN3O4/c1-33-23-14-19(15-24(16-23)34-2)25(31)28-21-8-10-22(11-9-21)30-13-3-12-29(26(30)32)17-18-4-6-20(27)7-5-18/h4-11,14-16H,3,12-13,17H2,1-2H3,(H,28,31). The normalized spacial score (nSPS) is 13.6. The van der Waals surface area contributed by atoms with Crippen LogP contribution in [0.1, 0.15) is 22.3 Å². The lowest BCUT2D eigenvalue weighted by molar-refractivity contribution is 0.102. The van der Waals surface area contributed by atoms with Crippen LogP contribution in [0.25, 0.3) is 0 Å². The number of benzene rings is 3. The van der Waals surface area contributed by atoms with Gasteiger partial charge >= 0.3 is 6.03 Å². The average Bonchev–Trinajstić information content (AvgIpc) is 2.86. The number of carbonyl (C=O) groups excluding carboxylic acids is 2. The van der Waals surface area contributed by atoms with Crippen molar-refractivity contribution in [2.75, 3.05) is 37.5 Å². The average molecular weight is 480 g/mol. The second-order valence-corrected chi connectivity index (χ2v) is 8.37. The van der Waals surface area contributed by atoms with E-state index in [1.165, 1.54) is 14.2 Å². The Bertz CT molecular complexity index is 1140. The molecular weight excluding hydrogens is 454 g/mol. The molecular formula is C26H26ClN3O4. The topological polar surface area (TPSA) is 71.1 Å². The number of nitrogens with zero attached hydrogens (tertiary/aromatic N) is 2. The molecule has 3 amide bonds. The van der Waals surface area contributed by atoms with E-state index in [2.05, 4.69) is 5.32 Å². The molecule has 0 saturated carbocycles. The minimum atomic E-state index is -0.284. The van der Waals surface area contributed by atoms with Gasteiger partial charge in [-0.3, -0.25) is 9.69 Å². The van der Waals surface area contributed by atoms with Crippen molar-refractivity contribution in [1.29, 1.82) is 0 Å². The summed E-state index contributed by atoms with van der Waals surface area (Å²) in [5.41, 5.74) is 2.86. The number of hydrogen-bond acceptors (Lipinski definition) is 4. The summed E-state index contributed by atoms with van der Waals surface area (Å²) in [6.07, 6.45) is 0.871. The Labute approximate surface area is 203 Å². The van der Waals surface area contributed by atoms with Crippen LogP contribution in [-0.4, -0.2) is 44.1 Å². The van der Waals surface area contributed by atoms with Gasteiger partial charge in [-0.1, -0.05) is 23.7 Å². The molecule has 7 nitrogen and oxygen atoms in total. The third-order valence-electron chi connectivity index (χ3n) is 5.65. The Hall–Kier alpha value is -3.71. The lowest BCUT2D eigenvalue weighted by Gasteiger charge is -2.35. The van der Waals surface area contributed by atoms with Gasteiger partial charge in [0.1, 0.15) is 11.5 Å². The predicted molar refractivity (Wildman–Crippen MR) is 133 cm³/mol. The fraction of sp³-hybridized carbons (Fsp3) is 0.231. The molecule has 0 bridgehead atoms. The van der Waals surface area contributed by atoms with Crippen LogP contribution < -0.4 is 19.7 Å². The molecule has 0 unspecified atom stereocenters. The predicted octanol–water partition coefficient (Wildman–Crippen LogP) is 5.44. The lowest BCUT2D eigenvalue weighted by atomic mass is 10.1. The van der Waals surface area contributed by atoms with Gasteiger partial charge in [0.15, 0.2) is 0 Å². The van der Waals surface area contributed by atoms with Crippen molar-refractivity contribution >= 4 is 34.9 Å². The van der Waals surface area contributed by atoms with Crippen molar-refractivity contribution in [2.24, 2.45) is 0 Å². The van der Waals surface area contributed by atoms with Crippen molar-refractivity contribution in [3.63, 3.8) is 0 Å². The first-order valence-electron chi connectivity index (χ1n) is 10.9. The first kappa shape index (κ1) is 23.4. The van der Waals surface area contributed by atoms with Gasteiger partial charge < -0.3 is 19.7 Å². The fourth-order valence-electron chi connectivity index (χ4n) is 3.84. The van der Waals surface area contributed by atoms with Crippen molar-refractivity contribution in [3.8, 4) is 11.5 Å². The molecule has 0 spiro atoms. The summed E-state index contributed by atoms with van der Waals surface area (Å²) in [6.45, 7) is 1.88. The summed E-state index contributed by atoms with van der Waals surface area (Å²) < 4.78 is 10.5. The van der Waals surface area contributed by atoms with Gasteiger partial charge in [-0.05, 0) is 60.5 Å². The molecule has 0 aromatic heterocycles. The Balaban J connectivity index is 1.43. The van der Waals surface area contributed by atoms with E-state index in [1.54, 1.807) is 35.2 Å². The van der Waals surface area contributed by atoms with E-state index < -0.39 is 0 Å². The monoisotopic (exact) mass is 479 g/mol. The number of nitrogens with one attached hydrogen (secondary N) is 1. The molecule has 1 saturated heterocycles. The van der Waals surface area contributed by atoms with Crippen LogP contribution >= 0.6 is 11.6 Å². The van der Waals surface area contributed by atoms with Crippen LogP contribution in [0.4, 0.5) is 16.2 Å².